The van der Waals surface area contributed by atoms with Crippen molar-refractivity contribution in [3.8, 4) is 0 Å². The van der Waals surface area contributed by atoms with E-state index in [1.165, 1.54) is 11.1 Å². The largest absolute Gasteiger partial charge is 0.272 e. The van der Waals surface area contributed by atoms with Gasteiger partial charge in [-0.1, -0.05) is 30.3 Å². The number of benzene rings is 2. The van der Waals surface area contributed by atoms with Gasteiger partial charge in [-0.05, 0) is 49.4 Å². The van der Waals surface area contributed by atoms with Crippen LogP contribution in [0.4, 0.5) is 5.69 Å². The van der Waals surface area contributed by atoms with Gasteiger partial charge in [-0.3, -0.25) is 10.1 Å². The smallest absolute Gasteiger partial charge is 0.258 e. The third-order valence-corrected chi connectivity index (χ3v) is 4.33. The van der Waals surface area contributed by atoms with E-state index in [2.05, 4.69) is 24.3 Å². The summed E-state index contributed by atoms with van der Waals surface area (Å²) >= 11 is 0. The number of nitro groups is 1. The van der Waals surface area contributed by atoms with E-state index in [0.717, 1.165) is 24.0 Å². The molecule has 20 heavy (non-hydrogen) atoms. The van der Waals surface area contributed by atoms with E-state index < -0.39 is 0 Å². The first-order valence-corrected chi connectivity index (χ1v) is 6.86. The molecule has 0 bridgehead atoms. The van der Waals surface area contributed by atoms with Gasteiger partial charge in [-0.2, -0.15) is 0 Å². The van der Waals surface area contributed by atoms with E-state index in [4.69, 9.17) is 0 Å². The second-order valence-electron chi connectivity index (χ2n) is 5.66. The fourth-order valence-corrected chi connectivity index (χ4v) is 3.11. The Balaban J connectivity index is 2.12. The van der Waals surface area contributed by atoms with Crippen LogP contribution in [0.2, 0.25) is 0 Å². The summed E-state index contributed by atoms with van der Waals surface area (Å²) in [5.41, 5.74) is 4.62. The molecule has 3 nitrogen and oxygen atoms in total. The molecule has 2 aromatic rings. The van der Waals surface area contributed by atoms with Crippen molar-refractivity contribution in [3.63, 3.8) is 0 Å². The van der Waals surface area contributed by atoms with Gasteiger partial charge in [0.1, 0.15) is 0 Å². The highest BCUT2D eigenvalue weighted by molar-refractivity contribution is 5.54. The van der Waals surface area contributed by atoms with Crippen LogP contribution < -0.4 is 0 Å². The van der Waals surface area contributed by atoms with Crippen LogP contribution in [0, 0.1) is 24.0 Å². The second-order valence-corrected chi connectivity index (χ2v) is 5.66. The first-order valence-electron chi connectivity index (χ1n) is 6.86. The quantitative estimate of drug-likeness (QED) is 0.615. The zero-order valence-corrected chi connectivity index (χ0v) is 11.7. The Morgan fingerprint density at radius 3 is 2.25 bits per heavy atom. The zero-order valence-electron chi connectivity index (χ0n) is 11.7. The lowest BCUT2D eigenvalue weighted by Gasteiger charge is -2.19. The van der Waals surface area contributed by atoms with Crippen molar-refractivity contribution < 1.29 is 4.92 Å². The maximum absolute atomic E-state index is 11.0. The van der Waals surface area contributed by atoms with Gasteiger partial charge in [-0.25, -0.2) is 0 Å². The molecule has 1 aliphatic rings. The maximum Gasteiger partial charge on any atom is 0.272 e. The molecule has 3 heteroatoms. The minimum Gasteiger partial charge on any atom is -0.258 e. The van der Waals surface area contributed by atoms with Gasteiger partial charge in [0.15, 0.2) is 0 Å². The lowest BCUT2D eigenvalue weighted by atomic mass is 9.84. The van der Waals surface area contributed by atoms with Crippen LogP contribution in [0.15, 0.2) is 42.5 Å². The molecule has 0 heterocycles. The highest BCUT2D eigenvalue weighted by Crippen LogP contribution is 2.54. The first-order chi connectivity index (χ1) is 9.54. The van der Waals surface area contributed by atoms with Crippen LogP contribution in [0.5, 0.6) is 0 Å². The lowest BCUT2D eigenvalue weighted by Crippen LogP contribution is -2.11. The Bertz CT molecular complexity index is 673. The summed E-state index contributed by atoms with van der Waals surface area (Å²) < 4.78 is 0. The number of aryl methyl sites for hydroxylation is 2. The Hall–Kier alpha value is -2.16. The third-order valence-electron chi connectivity index (χ3n) is 4.33. The van der Waals surface area contributed by atoms with Crippen molar-refractivity contribution in [1.82, 2.24) is 0 Å². The normalized spacial score (nSPS) is 15.9. The highest BCUT2D eigenvalue weighted by atomic mass is 16.6. The molecule has 2 aromatic carbocycles. The SMILES string of the molecule is Cc1cc(C2(c3ccccc3)CC2)c(C)cc1[N+](=O)[O-]. The molecule has 0 amide bonds. The van der Waals surface area contributed by atoms with Gasteiger partial charge >= 0.3 is 0 Å². The van der Waals surface area contributed by atoms with Gasteiger partial charge in [0.25, 0.3) is 5.69 Å². The Morgan fingerprint density at radius 1 is 1.05 bits per heavy atom. The molecule has 0 aliphatic heterocycles. The highest BCUT2D eigenvalue weighted by Gasteiger charge is 2.46. The molecule has 0 aromatic heterocycles. The molecule has 0 atom stereocenters. The molecule has 0 unspecified atom stereocenters. The third kappa shape index (κ3) is 1.90. The van der Waals surface area contributed by atoms with Crippen LogP contribution in [0.1, 0.15) is 35.1 Å². The van der Waals surface area contributed by atoms with E-state index in [9.17, 15) is 10.1 Å². The van der Waals surface area contributed by atoms with Crippen molar-refractivity contribution in [3.05, 3.63) is 74.8 Å². The van der Waals surface area contributed by atoms with Gasteiger partial charge in [-0.15, -0.1) is 0 Å². The monoisotopic (exact) mass is 267 g/mol. The summed E-state index contributed by atoms with van der Waals surface area (Å²) in [6.07, 6.45) is 2.24. The number of hydrogen-bond donors (Lipinski definition) is 0. The van der Waals surface area contributed by atoms with Gasteiger partial charge < -0.3 is 0 Å². The molecule has 0 spiro atoms. The van der Waals surface area contributed by atoms with Crippen LogP contribution in [-0.4, -0.2) is 4.92 Å². The summed E-state index contributed by atoms with van der Waals surface area (Å²) in [5, 5.41) is 11.0. The summed E-state index contributed by atoms with van der Waals surface area (Å²) in [5.74, 6) is 0. The van der Waals surface area contributed by atoms with E-state index in [0.29, 0.717) is 0 Å². The Labute approximate surface area is 118 Å². The van der Waals surface area contributed by atoms with Crippen molar-refractivity contribution >= 4 is 5.69 Å². The molecule has 1 fully saturated rings. The van der Waals surface area contributed by atoms with Crippen molar-refractivity contribution in [2.45, 2.75) is 32.1 Å². The molecule has 0 radical (unpaired) electrons. The van der Waals surface area contributed by atoms with E-state index in [1.807, 2.05) is 26.0 Å². The van der Waals surface area contributed by atoms with E-state index >= 15 is 0 Å². The summed E-state index contributed by atoms with van der Waals surface area (Å²) in [6, 6.07) is 14.2. The Morgan fingerprint density at radius 2 is 1.70 bits per heavy atom. The molecule has 3 rings (SSSR count). The molecule has 102 valence electrons. The van der Waals surface area contributed by atoms with Crippen molar-refractivity contribution in [1.29, 1.82) is 0 Å². The number of nitrogens with zero attached hydrogens (tertiary/aromatic N) is 1. The number of rotatable bonds is 3. The zero-order chi connectivity index (χ0) is 14.3. The van der Waals surface area contributed by atoms with Crippen LogP contribution in [0.25, 0.3) is 0 Å². The number of hydrogen-bond acceptors (Lipinski definition) is 2. The minimum atomic E-state index is -0.297. The summed E-state index contributed by atoms with van der Waals surface area (Å²) in [4.78, 5) is 10.7. The lowest BCUT2D eigenvalue weighted by molar-refractivity contribution is -0.385. The van der Waals surface area contributed by atoms with Gasteiger partial charge in [0, 0.05) is 17.0 Å². The molecule has 0 N–H and O–H groups in total. The molecular weight excluding hydrogens is 250 g/mol. The van der Waals surface area contributed by atoms with Crippen LogP contribution >= 0.6 is 0 Å². The van der Waals surface area contributed by atoms with Crippen LogP contribution in [0.3, 0.4) is 0 Å². The summed E-state index contributed by atoms with van der Waals surface area (Å²) in [7, 11) is 0. The molecule has 1 aliphatic carbocycles. The van der Waals surface area contributed by atoms with Crippen molar-refractivity contribution in [2.24, 2.45) is 0 Å². The van der Waals surface area contributed by atoms with Gasteiger partial charge in [0.2, 0.25) is 0 Å². The standard InChI is InChI=1S/C17H17NO2/c1-12-11-16(18(19)20)13(2)10-15(12)17(8-9-17)14-6-4-3-5-7-14/h3-7,10-11H,8-9H2,1-2H3. The van der Waals surface area contributed by atoms with E-state index in [-0.39, 0.29) is 16.0 Å². The fourth-order valence-electron chi connectivity index (χ4n) is 3.11. The topological polar surface area (TPSA) is 43.1 Å². The predicted octanol–water partition coefficient (Wildman–Crippen LogP) is 4.29. The molecule has 0 saturated heterocycles. The Kier molecular flexibility index (Phi) is 2.85. The maximum atomic E-state index is 11.0. The van der Waals surface area contributed by atoms with Crippen molar-refractivity contribution in [2.75, 3.05) is 0 Å². The average Bonchev–Trinajstić information content (AvgIpc) is 3.23. The predicted molar refractivity (Wildman–Crippen MR) is 79.0 cm³/mol. The average molecular weight is 267 g/mol. The van der Waals surface area contributed by atoms with Crippen LogP contribution in [-0.2, 0) is 5.41 Å². The van der Waals surface area contributed by atoms with E-state index in [1.54, 1.807) is 6.07 Å². The first kappa shape index (κ1) is 12.9. The fraction of sp³-hybridized carbons (Fsp3) is 0.294. The molecule has 1 saturated carbocycles. The number of nitro benzene ring substituents is 1. The van der Waals surface area contributed by atoms with Gasteiger partial charge in [0.05, 0.1) is 4.92 Å². The second kappa shape index (κ2) is 4.44. The summed E-state index contributed by atoms with van der Waals surface area (Å²) in [6.45, 7) is 3.80. The molecular formula is C17H17NO2. The minimum absolute atomic E-state index is 0.0746.